The van der Waals surface area contributed by atoms with Crippen molar-refractivity contribution in [3.63, 3.8) is 0 Å². The van der Waals surface area contributed by atoms with Crippen molar-refractivity contribution in [1.82, 2.24) is 0 Å². The Labute approximate surface area is 271 Å². The molecular weight excluding hydrogens is 590 g/mol. The largest absolute Gasteiger partial charge is 0.531 e. The van der Waals surface area contributed by atoms with Crippen molar-refractivity contribution in [2.45, 2.75) is 176 Å². The van der Waals surface area contributed by atoms with Gasteiger partial charge in [-0.2, -0.15) is 0 Å². The van der Waals surface area contributed by atoms with Gasteiger partial charge in [0.25, 0.3) is 0 Å². The molecule has 0 N–H and O–H groups in total. The number of rotatable bonds is 12. The van der Waals surface area contributed by atoms with E-state index in [1.165, 1.54) is 0 Å². The molecule has 44 heavy (non-hydrogen) atoms. The lowest BCUT2D eigenvalue weighted by Gasteiger charge is -2.38. The SMILES string of the molecule is Cc1cc(CCB2OC(C)(C)C(C)(C)O2)cc(OP(=O)(OC(C)(C)C)OC(C)(C)C)c1C(C)(C)CCO[Si](C)(C)C(C)(C)C. The van der Waals surface area contributed by atoms with Gasteiger partial charge in [0.2, 0.25) is 0 Å². The first-order valence-corrected chi connectivity index (χ1v) is 20.6. The summed E-state index contributed by atoms with van der Waals surface area (Å²) in [6.07, 6.45) is 2.16. The number of aryl methyl sites for hydroxylation is 2. The van der Waals surface area contributed by atoms with Crippen LogP contribution >= 0.6 is 7.82 Å². The number of phosphoric acid groups is 1. The molecule has 0 aromatic heterocycles. The van der Waals surface area contributed by atoms with E-state index in [1.807, 2.05) is 47.6 Å². The Morgan fingerprint density at radius 2 is 1.32 bits per heavy atom. The first-order valence-electron chi connectivity index (χ1n) is 16.2. The summed E-state index contributed by atoms with van der Waals surface area (Å²) in [4.78, 5) is 0. The Bertz CT molecular complexity index is 1150. The number of phosphoric ester groups is 1. The molecule has 1 heterocycles. The molecule has 7 nitrogen and oxygen atoms in total. The second-order valence-corrected chi connectivity index (χ2v) is 24.0. The second kappa shape index (κ2) is 13.1. The summed E-state index contributed by atoms with van der Waals surface area (Å²) in [6.45, 7) is 37.8. The van der Waals surface area contributed by atoms with Crippen LogP contribution < -0.4 is 4.52 Å². The molecule has 0 spiro atoms. The van der Waals surface area contributed by atoms with E-state index in [0.29, 0.717) is 25.1 Å². The van der Waals surface area contributed by atoms with Gasteiger partial charge >= 0.3 is 14.9 Å². The fourth-order valence-electron chi connectivity index (χ4n) is 5.03. The monoisotopic (exact) mass is 654 g/mol. The highest BCUT2D eigenvalue weighted by Gasteiger charge is 2.50. The van der Waals surface area contributed by atoms with Crippen molar-refractivity contribution in [2.75, 3.05) is 6.61 Å². The van der Waals surface area contributed by atoms with Crippen LogP contribution in [0.2, 0.25) is 24.5 Å². The van der Waals surface area contributed by atoms with Crippen molar-refractivity contribution < 1.29 is 31.9 Å². The predicted molar refractivity (Wildman–Crippen MR) is 186 cm³/mol. The topological polar surface area (TPSA) is 72.5 Å². The fourth-order valence-corrected chi connectivity index (χ4v) is 7.91. The predicted octanol–water partition coefficient (Wildman–Crippen LogP) is 10.4. The Kier molecular flexibility index (Phi) is 11.8. The molecule has 254 valence electrons. The van der Waals surface area contributed by atoms with Gasteiger partial charge in [-0.25, -0.2) is 4.57 Å². The summed E-state index contributed by atoms with van der Waals surface area (Å²) in [5.41, 5.74) is 0.455. The molecule has 1 aliphatic rings. The molecule has 1 aliphatic heterocycles. The van der Waals surface area contributed by atoms with Crippen LogP contribution in [0.5, 0.6) is 5.75 Å². The minimum atomic E-state index is -4.04. The quantitative estimate of drug-likeness (QED) is 0.164. The molecule has 1 aromatic carbocycles. The van der Waals surface area contributed by atoms with Crippen LogP contribution in [0.1, 0.15) is 127 Å². The summed E-state index contributed by atoms with van der Waals surface area (Å²) in [5.74, 6) is 0.517. The van der Waals surface area contributed by atoms with Crippen LogP contribution in [-0.2, 0) is 39.2 Å². The average Bonchev–Trinajstić information content (AvgIpc) is 2.93. The molecule has 2 rings (SSSR count). The highest BCUT2D eigenvalue weighted by Crippen LogP contribution is 2.57. The zero-order chi connectivity index (χ0) is 34.4. The Hall–Kier alpha value is -0.668. The van der Waals surface area contributed by atoms with Crippen molar-refractivity contribution >= 4 is 23.3 Å². The summed E-state index contributed by atoms with van der Waals surface area (Å²) < 4.78 is 52.0. The van der Waals surface area contributed by atoms with E-state index >= 15 is 0 Å². The molecule has 0 radical (unpaired) electrons. The van der Waals surface area contributed by atoms with E-state index < -0.39 is 27.3 Å². The molecule has 0 aliphatic carbocycles. The molecule has 0 amide bonds. The summed E-state index contributed by atoms with van der Waals surface area (Å²) in [7, 11) is -6.27. The summed E-state index contributed by atoms with van der Waals surface area (Å²) >= 11 is 0. The van der Waals surface area contributed by atoms with Crippen LogP contribution in [0.25, 0.3) is 0 Å². The average molecular weight is 655 g/mol. The molecule has 1 saturated heterocycles. The smallest absolute Gasteiger partial charge is 0.417 e. The Morgan fingerprint density at radius 3 is 1.75 bits per heavy atom. The van der Waals surface area contributed by atoms with Crippen LogP contribution in [0.3, 0.4) is 0 Å². The minimum absolute atomic E-state index is 0.126. The van der Waals surface area contributed by atoms with Gasteiger partial charge in [-0.1, -0.05) is 40.7 Å². The zero-order valence-corrected chi connectivity index (χ0v) is 33.3. The first kappa shape index (κ1) is 39.5. The third-order valence-electron chi connectivity index (χ3n) is 8.98. The lowest BCUT2D eigenvalue weighted by molar-refractivity contribution is 0.00578. The van der Waals surface area contributed by atoms with E-state index in [4.69, 9.17) is 27.3 Å². The van der Waals surface area contributed by atoms with Crippen molar-refractivity contribution in [1.29, 1.82) is 0 Å². The highest BCUT2D eigenvalue weighted by molar-refractivity contribution is 7.49. The van der Waals surface area contributed by atoms with Gasteiger partial charge < -0.3 is 18.3 Å². The summed E-state index contributed by atoms with van der Waals surface area (Å²) in [6, 6.07) is 4.19. The fraction of sp³-hybridized carbons (Fsp3) is 0.824. The maximum absolute atomic E-state index is 14.4. The minimum Gasteiger partial charge on any atom is -0.417 e. The molecule has 10 heteroatoms. The highest BCUT2D eigenvalue weighted by atomic mass is 31.2. The molecule has 0 bridgehead atoms. The standard InChI is InChI=1S/C34H64BO7PSi/c1-25-23-26(19-21-35-39-33(13,14)34(15,16)40-35)24-27(38-43(36,41-29(2,3)4)42-30(5,6)7)28(25)32(11,12)20-22-37-44(17,18)31(8,9)10/h23-24H,19-22H2,1-18H3. The van der Waals surface area contributed by atoms with Gasteiger partial charge in [-0.05, 0) is 136 Å². The third-order valence-corrected chi connectivity index (χ3v) is 15.5. The van der Waals surface area contributed by atoms with Gasteiger partial charge in [0, 0.05) is 12.2 Å². The van der Waals surface area contributed by atoms with Gasteiger partial charge in [-0.15, -0.1) is 0 Å². The number of hydrogen-bond acceptors (Lipinski definition) is 7. The van der Waals surface area contributed by atoms with Gasteiger partial charge in [-0.3, -0.25) is 9.05 Å². The van der Waals surface area contributed by atoms with Gasteiger partial charge in [0.15, 0.2) is 8.32 Å². The zero-order valence-electron chi connectivity index (χ0n) is 31.4. The molecule has 0 saturated carbocycles. The van der Waals surface area contributed by atoms with Gasteiger partial charge in [0.05, 0.1) is 22.4 Å². The van der Waals surface area contributed by atoms with Crippen molar-refractivity contribution in [3.05, 3.63) is 28.8 Å². The van der Waals surface area contributed by atoms with E-state index in [1.54, 1.807) is 0 Å². The lowest BCUT2D eigenvalue weighted by Crippen LogP contribution is -2.41. The molecular formula is C34H64BO7PSi. The van der Waals surface area contributed by atoms with E-state index in [-0.39, 0.29) is 28.8 Å². The lowest BCUT2D eigenvalue weighted by atomic mass is 9.77. The number of benzene rings is 1. The Morgan fingerprint density at radius 1 is 0.841 bits per heavy atom. The van der Waals surface area contributed by atoms with E-state index in [9.17, 15) is 4.57 Å². The van der Waals surface area contributed by atoms with E-state index in [2.05, 4.69) is 88.4 Å². The normalized spacial score (nSPS) is 18.2. The maximum atomic E-state index is 14.4. The maximum Gasteiger partial charge on any atom is 0.531 e. The molecule has 1 aromatic rings. The van der Waals surface area contributed by atoms with Crippen LogP contribution in [0.4, 0.5) is 0 Å². The number of hydrogen-bond donors (Lipinski definition) is 0. The van der Waals surface area contributed by atoms with Crippen LogP contribution in [0.15, 0.2) is 12.1 Å². The van der Waals surface area contributed by atoms with Crippen LogP contribution in [-0.4, -0.2) is 44.4 Å². The summed E-state index contributed by atoms with van der Waals surface area (Å²) in [5, 5.41) is 0.126. The Balaban J connectivity index is 2.52. The van der Waals surface area contributed by atoms with Crippen molar-refractivity contribution in [2.24, 2.45) is 0 Å². The van der Waals surface area contributed by atoms with Gasteiger partial charge in [0.1, 0.15) is 5.75 Å². The third kappa shape index (κ3) is 10.7. The van der Waals surface area contributed by atoms with Crippen molar-refractivity contribution in [3.8, 4) is 5.75 Å². The molecule has 1 fully saturated rings. The first-order chi connectivity index (χ1) is 19.4. The van der Waals surface area contributed by atoms with Crippen LogP contribution in [0, 0.1) is 6.92 Å². The van der Waals surface area contributed by atoms with E-state index in [0.717, 1.165) is 23.1 Å². The second-order valence-electron chi connectivity index (χ2n) is 17.7. The molecule has 0 atom stereocenters. The molecule has 0 unspecified atom stereocenters.